The van der Waals surface area contributed by atoms with Gasteiger partial charge in [0.2, 0.25) is 0 Å². The van der Waals surface area contributed by atoms with Crippen molar-refractivity contribution in [3.63, 3.8) is 0 Å². The summed E-state index contributed by atoms with van der Waals surface area (Å²) in [6, 6.07) is 9.03. The average molecular weight is 409 g/mol. The summed E-state index contributed by atoms with van der Waals surface area (Å²) in [6.07, 6.45) is 14.0. The fourth-order valence-corrected chi connectivity index (χ4v) is 5.89. The molecule has 2 nitrogen and oxygen atoms in total. The third-order valence-corrected chi connectivity index (χ3v) is 8.38. The first-order valence-corrected chi connectivity index (χ1v) is 13.2. The van der Waals surface area contributed by atoms with Crippen LogP contribution in [0.25, 0.3) is 0 Å². The molecule has 162 valence electrons. The van der Waals surface area contributed by atoms with Gasteiger partial charge in [0, 0.05) is 0 Å². The van der Waals surface area contributed by atoms with Crippen molar-refractivity contribution in [3.05, 3.63) is 30.3 Å². The maximum atomic E-state index is 13.1. The van der Waals surface area contributed by atoms with Crippen LogP contribution < -0.4 is 0 Å². The molecular formula is C25H44O2S. The van der Waals surface area contributed by atoms with E-state index >= 15 is 0 Å². The molecule has 1 aromatic carbocycles. The summed E-state index contributed by atoms with van der Waals surface area (Å²) in [7, 11) is -3.22. The number of rotatable bonds is 16. The van der Waals surface area contributed by atoms with Crippen LogP contribution in [0.5, 0.6) is 0 Å². The Hall–Kier alpha value is -0.830. The van der Waals surface area contributed by atoms with Crippen LogP contribution in [0.2, 0.25) is 0 Å². The van der Waals surface area contributed by atoms with Crippen molar-refractivity contribution >= 4 is 9.84 Å². The number of hydrogen-bond acceptors (Lipinski definition) is 2. The van der Waals surface area contributed by atoms with Gasteiger partial charge in [0.15, 0.2) is 9.84 Å². The molecule has 0 aliphatic carbocycles. The minimum Gasteiger partial charge on any atom is -0.223 e. The SMILES string of the molecule is CCCC[C@H](C)CCCCCCCC(C[C@H](C)CC)S(=O)(=O)c1ccccc1. The molecule has 3 atom stereocenters. The lowest BCUT2D eigenvalue weighted by atomic mass is 9.96. The summed E-state index contributed by atoms with van der Waals surface area (Å²) in [4.78, 5) is 0.490. The molecule has 0 saturated carbocycles. The van der Waals surface area contributed by atoms with Gasteiger partial charge < -0.3 is 0 Å². The van der Waals surface area contributed by atoms with Gasteiger partial charge in [-0.2, -0.15) is 0 Å². The summed E-state index contributed by atoms with van der Waals surface area (Å²) in [5, 5.41) is -0.237. The molecule has 0 aliphatic rings. The first kappa shape index (κ1) is 25.2. The number of unbranched alkanes of at least 4 members (excludes halogenated alkanes) is 5. The van der Waals surface area contributed by atoms with Crippen LogP contribution in [-0.4, -0.2) is 13.7 Å². The Morgan fingerprint density at radius 3 is 1.93 bits per heavy atom. The van der Waals surface area contributed by atoms with Crippen molar-refractivity contribution in [2.75, 3.05) is 0 Å². The summed E-state index contributed by atoms with van der Waals surface area (Å²) in [5.74, 6) is 1.31. The molecule has 0 aromatic heterocycles. The summed E-state index contributed by atoms with van der Waals surface area (Å²) in [5.41, 5.74) is 0. The van der Waals surface area contributed by atoms with E-state index in [9.17, 15) is 8.42 Å². The van der Waals surface area contributed by atoms with E-state index in [2.05, 4.69) is 27.7 Å². The van der Waals surface area contributed by atoms with Crippen LogP contribution in [0.3, 0.4) is 0 Å². The van der Waals surface area contributed by atoms with E-state index in [0.717, 1.165) is 38.0 Å². The highest BCUT2D eigenvalue weighted by molar-refractivity contribution is 7.92. The molecule has 28 heavy (non-hydrogen) atoms. The molecule has 3 heteroatoms. The molecule has 0 heterocycles. The number of hydrogen-bond donors (Lipinski definition) is 0. The maximum Gasteiger partial charge on any atom is 0.181 e. The van der Waals surface area contributed by atoms with E-state index in [4.69, 9.17) is 0 Å². The topological polar surface area (TPSA) is 34.1 Å². The zero-order valence-corrected chi connectivity index (χ0v) is 19.6. The van der Waals surface area contributed by atoms with Crippen molar-refractivity contribution in [2.45, 2.75) is 115 Å². The standard InChI is InChI=1S/C25H44O2S/c1-5-7-16-23(4)17-12-9-8-10-13-20-25(21-22(3)6-2)28(26,27)24-18-14-11-15-19-24/h11,14-15,18-19,22-23,25H,5-10,12-13,16-17,20-21H2,1-4H3/t22-,23+,25?/m1/s1. The Morgan fingerprint density at radius 1 is 0.750 bits per heavy atom. The Bertz CT molecular complexity index is 594. The third kappa shape index (κ3) is 9.58. The molecule has 0 radical (unpaired) electrons. The lowest BCUT2D eigenvalue weighted by molar-refractivity contribution is 0.435. The fraction of sp³-hybridized carbons (Fsp3) is 0.760. The first-order valence-electron chi connectivity index (χ1n) is 11.7. The summed E-state index contributed by atoms with van der Waals surface area (Å²) in [6.45, 7) is 8.97. The highest BCUT2D eigenvalue weighted by atomic mass is 32.2. The molecule has 1 unspecified atom stereocenters. The molecule has 1 rings (SSSR count). The second-order valence-corrected chi connectivity index (χ2v) is 11.0. The average Bonchev–Trinajstić information content (AvgIpc) is 2.70. The minimum atomic E-state index is -3.22. The van der Waals surface area contributed by atoms with E-state index in [0.29, 0.717) is 10.8 Å². The van der Waals surface area contributed by atoms with E-state index in [1.807, 2.05) is 18.2 Å². The van der Waals surface area contributed by atoms with Crippen LogP contribution in [0.1, 0.15) is 105 Å². The van der Waals surface area contributed by atoms with E-state index in [1.165, 1.54) is 44.9 Å². The van der Waals surface area contributed by atoms with Gasteiger partial charge >= 0.3 is 0 Å². The van der Waals surface area contributed by atoms with Gasteiger partial charge in [0.05, 0.1) is 10.1 Å². The van der Waals surface area contributed by atoms with E-state index in [1.54, 1.807) is 12.1 Å². The largest absolute Gasteiger partial charge is 0.223 e. The van der Waals surface area contributed by atoms with Gasteiger partial charge in [0.25, 0.3) is 0 Å². The van der Waals surface area contributed by atoms with Gasteiger partial charge in [-0.05, 0) is 36.8 Å². The molecule has 0 N–H and O–H groups in total. The lowest BCUT2D eigenvalue weighted by Crippen LogP contribution is -2.24. The zero-order chi connectivity index (χ0) is 20.8. The van der Waals surface area contributed by atoms with Gasteiger partial charge in [0.1, 0.15) is 0 Å². The molecule has 1 aromatic rings. The van der Waals surface area contributed by atoms with Gasteiger partial charge in [-0.3, -0.25) is 0 Å². The molecular weight excluding hydrogens is 364 g/mol. The first-order chi connectivity index (χ1) is 13.4. The normalized spacial score (nSPS) is 15.3. The Morgan fingerprint density at radius 2 is 1.32 bits per heavy atom. The van der Waals surface area contributed by atoms with Crippen molar-refractivity contribution in [1.29, 1.82) is 0 Å². The fourth-order valence-electron chi connectivity index (χ4n) is 3.91. The predicted molar refractivity (Wildman–Crippen MR) is 122 cm³/mol. The highest BCUT2D eigenvalue weighted by Gasteiger charge is 2.28. The Kier molecular flexibility index (Phi) is 12.8. The van der Waals surface area contributed by atoms with Crippen LogP contribution in [0, 0.1) is 11.8 Å². The smallest absolute Gasteiger partial charge is 0.181 e. The van der Waals surface area contributed by atoms with Crippen LogP contribution in [0.4, 0.5) is 0 Å². The molecule has 0 bridgehead atoms. The van der Waals surface area contributed by atoms with E-state index in [-0.39, 0.29) is 5.25 Å². The van der Waals surface area contributed by atoms with Gasteiger partial charge in [-0.25, -0.2) is 8.42 Å². The quantitative estimate of drug-likeness (QED) is 0.261. The van der Waals surface area contributed by atoms with Crippen molar-refractivity contribution in [1.82, 2.24) is 0 Å². The van der Waals surface area contributed by atoms with Crippen molar-refractivity contribution in [3.8, 4) is 0 Å². The van der Waals surface area contributed by atoms with Gasteiger partial charge in [-0.15, -0.1) is 0 Å². The third-order valence-electron chi connectivity index (χ3n) is 6.15. The monoisotopic (exact) mass is 408 g/mol. The summed E-state index contributed by atoms with van der Waals surface area (Å²) >= 11 is 0. The molecule has 0 aliphatic heterocycles. The minimum absolute atomic E-state index is 0.237. The lowest BCUT2D eigenvalue weighted by Gasteiger charge is -2.21. The van der Waals surface area contributed by atoms with Crippen LogP contribution >= 0.6 is 0 Å². The van der Waals surface area contributed by atoms with E-state index < -0.39 is 9.84 Å². The van der Waals surface area contributed by atoms with Crippen molar-refractivity contribution in [2.24, 2.45) is 11.8 Å². The number of benzene rings is 1. The Balaban J connectivity index is 2.43. The van der Waals surface area contributed by atoms with Gasteiger partial charge in [-0.1, -0.05) is 110 Å². The highest BCUT2D eigenvalue weighted by Crippen LogP contribution is 2.27. The molecule has 0 saturated heterocycles. The second-order valence-electron chi connectivity index (χ2n) is 8.82. The zero-order valence-electron chi connectivity index (χ0n) is 18.8. The summed E-state index contributed by atoms with van der Waals surface area (Å²) < 4.78 is 26.2. The maximum absolute atomic E-state index is 13.1. The Labute approximate surface area is 175 Å². The molecule has 0 spiro atoms. The van der Waals surface area contributed by atoms with Crippen molar-refractivity contribution < 1.29 is 8.42 Å². The molecule has 0 amide bonds. The second kappa shape index (κ2) is 14.2. The molecule has 0 fully saturated rings. The predicted octanol–water partition coefficient (Wildman–Crippen LogP) is 7.82. The van der Waals surface area contributed by atoms with Crippen LogP contribution in [0.15, 0.2) is 35.2 Å². The number of sulfone groups is 1. The van der Waals surface area contributed by atoms with Crippen LogP contribution in [-0.2, 0) is 9.84 Å².